The molecule has 0 heterocycles. The zero-order chi connectivity index (χ0) is 15.2. The van der Waals surface area contributed by atoms with Crippen LogP contribution in [0, 0.1) is 0 Å². The highest BCUT2D eigenvalue weighted by Crippen LogP contribution is 2.20. The summed E-state index contributed by atoms with van der Waals surface area (Å²) in [6, 6.07) is 12.7. The summed E-state index contributed by atoms with van der Waals surface area (Å²) in [4.78, 5) is 22.4. The van der Waals surface area contributed by atoms with Gasteiger partial charge in [-0.05, 0) is 36.4 Å². The van der Waals surface area contributed by atoms with Crippen LogP contribution in [0.4, 0.5) is 5.69 Å². The Bertz CT molecular complexity index is 655. The van der Waals surface area contributed by atoms with Gasteiger partial charge in [0.25, 0.3) is 5.91 Å². The van der Waals surface area contributed by atoms with Gasteiger partial charge in [0, 0.05) is 0 Å². The highest BCUT2D eigenvalue weighted by Gasteiger charge is 2.07. The van der Waals surface area contributed by atoms with E-state index in [9.17, 15) is 9.59 Å². The van der Waals surface area contributed by atoms with Crippen LogP contribution in [0.3, 0.4) is 0 Å². The van der Waals surface area contributed by atoms with E-state index in [0.29, 0.717) is 16.5 Å². The predicted molar refractivity (Wildman–Crippen MR) is 79.0 cm³/mol. The molecule has 0 atom stereocenters. The van der Waals surface area contributed by atoms with Crippen molar-refractivity contribution in [1.82, 2.24) is 0 Å². The van der Waals surface area contributed by atoms with Crippen molar-refractivity contribution in [2.24, 2.45) is 0 Å². The molecule has 0 aliphatic rings. The molecule has 0 aliphatic heterocycles. The standard InChI is InChI=1S/C15H12ClNO4/c16-12-3-1-2-4-13(12)17-14(18)9-21-11-7-5-10(6-8-11)15(19)20/h1-8H,9H2,(H,17,18)(H,19,20). The van der Waals surface area contributed by atoms with Gasteiger partial charge in [-0.1, -0.05) is 23.7 Å². The third kappa shape index (κ3) is 4.22. The van der Waals surface area contributed by atoms with Crippen molar-refractivity contribution in [1.29, 1.82) is 0 Å². The van der Waals surface area contributed by atoms with Crippen molar-refractivity contribution in [2.45, 2.75) is 0 Å². The molecule has 0 bridgehead atoms. The average Bonchev–Trinajstić information content (AvgIpc) is 2.48. The topological polar surface area (TPSA) is 75.6 Å². The lowest BCUT2D eigenvalue weighted by Gasteiger charge is -2.08. The number of halogens is 1. The van der Waals surface area contributed by atoms with Crippen LogP contribution in [0.25, 0.3) is 0 Å². The summed E-state index contributed by atoms with van der Waals surface area (Å²) < 4.78 is 5.27. The molecule has 21 heavy (non-hydrogen) atoms. The predicted octanol–water partition coefficient (Wildman–Crippen LogP) is 3.06. The molecular formula is C15H12ClNO4. The van der Waals surface area contributed by atoms with Crippen molar-refractivity contribution in [3.8, 4) is 5.75 Å². The molecule has 108 valence electrons. The Morgan fingerprint density at radius 1 is 1.10 bits per heavy atom. The minimum Gasteiger partial charge on any atom is -0.484 e. The van der Waals surface area contributed by atoms with E-state index in [0.717, 1.165) is 0 Å². The van der Waals surface area contributed by atoms with E-state index in [1.54, 1.807) is 24.3 Å². The number of aromatic carboxylic acids is 1. The van der Waals surface area contributed by atoms with E-state index < -0.39 is 5.97 Å². The second kappa shape index (κ2) is 6.76. The van der Waals surface area contributed by atoms with Crippen LogP contribution in [0.5, 0.6) is 5.75 Å². The van der Waals surface area contributed by atoms with Crippen LogP contribution in [0.1, 0.15) is 10.4 Å². The Hall–Kier alpha value is -2.53. The molecule has 2 rings (SSSR count). The molecule has 0 radical (unpaired) electrons. The molecule has 0 unspecified atom stereocenters. The number of benzene rings is 2. The first kappa shape index (κ1) is 14.9. The maximum absolute atomic E-state index is 11.7. The molecule has 0 aromatic heterocycles. The molecule has 0 saturated heterocycles. The largest absolute Gasteiger partial charge is 0.484 e. The summed E-state index contributed by atoms with van der Waals surface area (Å²) in [5, 5.41) is 11.8. The lowest BCUT2D eigenvalue weighted by atomic mass is 10.2. The number of hydrogen-bond acceptors (Lipinski definition) is 3. The van der Waals surface area contributed by atoms with E-state index >= 15 is 0 Å². The number of nitrogens with one attached hydrogen (secondary N) is 1. The van der Waals surface area contributed by atoms with Gasteiger partial charge in [0.1, 0.15) is 5.75 Å². The Balaban J connectivity index is 1.89. The minimum atomic E-state index is -1.02. The highest BCUT2D eigenvalue weighted by molar-refractivity contribution is 6.33. The van der Waals surface area contributed by atoms with Crippen molar-refractivity contribution < 1.29 is 19.4 Å². The molecule has 0 spiro atoms. The number of hydrogen-bond donors (Lipinski definition) is 2. The quantitative estimate of drug-likeness (QED) is 0.890. The van der Waals surface area contributed by atoms with Gasteiger partial charge in [0.05, 0.1) is 16.3 Å². The van der Waals surface area contributed by atoms with Crippen molar-refractivity contribution in [3.63, 3.8) is 0 Å². The monoisotopic (exact) mass is 305 g/mol. The summed E-state index contributed by atoms with van der Waals surface area (Å²) in [6.07, 6.45) is 0. The number of amides is 1. The molecule has 2 aromatic rings. The van der Waals surface area contributed by atoms with Crippen molar-refractivity contribution in [2.75, 3.05) is 11.9 Å². The van der Waals surface area contributed by atoms with Crippen LogP contribution in [0.15, 0.2) is 48.5 Å². The Kier molecular flexibility index (Phi) is 4.79. The molecule has 5 nitrogen and oxygen atoms in total. The van der Waals surface area contributed by atoms with Crippen molar-refractivity contribution in [3.05, 3.63) is 59.1 Å². The summed E-state index contributed by atoms with van der Waals surface area (Å²) in [5.41, 5.74) is 0.664. The molecule has 2 aromatic carbocycles. The Morgan fingerprint density at radius 3 is 2.38 bits per heavy atom. The van der Waals surface area contributed by atoms with Gasteiger partial charge in [-0.2, -0.15) is 0 Å². The maximum Gasteiger partial charge on any atom is 0.335 e. The first-order valence-electron chi connectivity index (χ1n) is 6.07. The summed E-state index contributed by atoms with van der Waals surface area (Å²) in [6.45, 7) is -0.197. The van der Waals surface area contributed by atoms with Crippen LogP contribution >= 0.6 is 11.6 Å². The van der Waals surface area contributed by atoms with Crippen LogP contribution in [0.2, 0.25) is 5.02 Å². The van der Waals surface area contributed by atoms with Crippen LogP contribution < -0.4 is 10.1 Å². The average molecular weight is 306 g/mol. The zero-order valence-electron chi connectivity index (χ0n) is 10.9. The van der Waals surface area contributed by atoms with Gasteiger partial charge in [-0.25, -0.2) is 4.79 Å². The second-order valence-corrected chi connectivity index (χ2v) is 4.55. The molecule has 0 saturated carbocycles. The number of rotatable bonds is 5. The van der Waals surface area contributed by atoms with E-state index in [4.69, 9.17) is 21.4 Å². The molecule has 2 N–H and O–H groups in total. The van der Waals surface area contributed by atoms with Gasteiger partial charge in [-0.15, -0.1) is 0 Å². The number of carbonyl (C=O) groups is 2. The number of carbonyl (C=O) groups excluding carboxylic acids is 1. The number of para-hydroxylation sites is 1. The fourth-order valence-corrected chi connectivity index (χ4v) is 1.77. The van der Waals surface area contributed by atoms with Crippen molar-refractivity contribution >= 4 is 29.2 Å². The fourth-order valence-electron chi connectivity index (χ4n) is 1.59. The molecule has 6 heteroatoms. The first-order valence-corrected chi connectivity index (χ1v) is 6.44. The number of ether oxygens (including phenoxy) is 1. The molecule has 0 aliphatic carbocycles. The molecular weight excluding hydrogens is 294 g/mol. The summed E-state index contributed by atoms with van der Waals surface area (Å²) in [7, 11) is 0. The van der Waals surface area contributed by atoms with E-state index in [1.165, 1.54) is 24.3 Å². The highest BCUT2D eigenvalue weighted by atomic mass is 35.5. The number of anilines is 1. The minimum absolute atomic E-state index is 0.155. The Labute approximate surface area is 126 Å². The Morgan fingerprint density at radius 2 is 1.76 bits per heavy atom. The normalized spacial score (nSPS) is 9.95. The fraction of sp³-hybridized carbons (Fsp3) is 0.0667. The maximum atomic E-state index is 11.7. The van der Waals surface area contributed by atoms with Gasteiger partial charge in [0.15, 0.2) is 6.61 Å². The van der Waals surface area contributed by atoms with Gasteiger partial charge < -0.3 is 15.2 Å². The lowest BCUT2D eigenvalue weighted by molar-refractivity contribution is -0.118. The van der Waals surface area contributed by atoms with Crippen LogP contribution in [-0.4, -0.2) is 23.6 Å². The number of carboxylic acids is 1. The van der Waals surface area contributed by atoms with E-state index in [2.05, 4.69) is 5.32 Å². The molecule has 0 fully saturated rings. The summed E-state index contributed by atoms with van der Waals surface area (Å²) >= 11 is 5.92. The smallest absolute Gasteiger partial charge is 0.335 e. The summed E-state index contributed by atoms with van der Waals surface area (Å²) in [5.74, 6) is -0.960. The lowest BCUT2D eigenvalue weighted by Crippen LogP contribution is -2.20. The van der Waals surface area contributed by atoms with E-state index in [-0.39, 0.29) is 18.1 Å². The SMILES string of the molecule is O=C(COc1ccc(C(=O)O)cc1)Nc1ccccc1Cl. The van der Waals surface area contributed by atoms with Crippen LogP contribution in [-0.2, 0) is 4.79 Å². The second-order valence-electron chi connectivity index (χ2n) is 4.15. The number of carboxylic acid groups (broad SMARTS) is 1. The first-order chi connectivity index (χ1) is 10.1. The van der Waals surface area contributed by atoms with Gasteiger partial charge >= 0.3 is 5.97 Å². The van der Waals surface area contributed by atoms with Gasteiger partial charge in [0.2, 0.25) is 0 Å². The molecule has 1 amide bonds. The zero-order valence-corrected chi connectivity index (χ0v) is 11.6. The van der Waals surface area contributed by atoms with Gasteiger partial charge in [-0.3, -0.25) is 4.79 Å². The third-order valence-electron chi connectivity index (χ3n) is 2.62. The van der Waals surface area contributed by atoms with E-state index in [1.807, 2.05) is 0 Å². The third-order valence-corrected chi connectivity index (χ3v) is 2.95.